The second kappa shape index (κ2) is 5.31. The number of hydrogen-bond donors (Lipinski definition) is 1. The van der Waals surface area contributed by atoms with Crippen molar-refractivity contribution in [3.05, 3.63) is 60.3 Å². The first-order valence-electron chi connectivity index (χ1n) is 5.56. The van der Waals surface area contributed by atoms with E-state index in [2.05, 4.69) is 41.5 Å². The summed E-state index contributed by atoms with van der Waals surface area (Å²) in [4.78, 5) is 4.25. The Hall–Kier alpha value is -1.83. The fourth-order valence-corrected chi connectivity index (χ4v) is 1.72. The Labute approximate surface area is 96.4 Å². The molecule has 0 saturated carbocycles. The molecule has 0 aliphatic heterocycles. The summed E-state index contributed by atoms with van der Waals surface area (Å²) in [6.07, 6.45) is 2.81. The lowest BCUT2D eigenvalue weighted by molar-refractivity contribution is 0.785. The predicted octanol–water partition coefficient (Wildman–Crippen LogP) is 3.12. The van der Waals surface area contributed by atoms with Crippen molar-refractivity contribution >= 4 is 5.82 Å². The van der Waals surface area contributed by atoms with Crippen LogP contribution in [0.3, 0.4) is 0 Å². The van der Waals surface area contributed by atoms with Crippen LogP contribution in [0.5, 0.6) is 0 Å². The van der Waals surface area contributed by atoms with E-state index >= 15 is 0 Å². The molecule has 0 radical (unpaired) electrons. The summed E-state index contributed by atoms with van der Waals surface area (Å²) in [5.74, 6) is 0.936. The molecule has 0 aliphatic carbocycles. The van der Waals surface area contributed by atoms with Crippen LogP contribution in [0.25, 0.3) is 0 Å². The number of benzene rings is 1. The first-order valence-corrected chi connectivity index (χ1v) is 5.56. The standard InChI is InChI=1S/C14H16N2/c1-12(11-13-7-3-2-4-8-13)16-14-9-5-6-10-15-14/h2-10,12H,11H2,1H3,(H,15,16). The Kier molecular flexibility index (Phi) is 3.54. The van der Waals surface area contributed by atoms with Gasteiger partial charge in [-0.3, -0.25) is 0 Å². The van der Waals surface area contributed by atoms with Crippen molar-refractivity contribution in [2.75, 3.05) is 5.32 Å². The minimum absolute atomic E-state index is 0.386. The van der Waals surface area contributed by atoms with Crippen molar-refractivity contribution < 1.29 is 0 Å². The Morgan fingerprint density at radius 3 is 2.50 bits per heavy atom. The fourth-order valence-electron chi connectivity index (χ4n) is 1.72. The molecule has 0 aliphatic rings. The van der Waals surface area contributed by atoms with Gasteiger partial charge in [0.15, 0.2) is 0 Å². The summed E-state index contributed by atoms with van der Waals surface area (Å²) in [5, 5.41) is 3.38. The van der Waals surface area contributed by atoms with E-state index in [-0.39, 0.29) is 0 Å². The Balaban J connectivity index is 1.92. The Morgan fingerprint density at radius 1 is 1.06 bits per heavy atom. The molecule has 2 heteroatoms. The normalized spacial score (nSPS) is 12.1. The minimum Gasteiger partial charge on any atom is -0.367 e. The lowest BCUT2D eigenvalue weighted by atomic mass is 10.1. The average molecular weight is 212 g/mol. The van der Waals surface area contributed by atoms with Crippen LogP contribution in [0.1, 0.15) is 12.5 Å². The molecule has 0 bridgehead atoms. The van der Waals surface area contributed by atoms with Gasteiger partial charge in [-0.15, -0.1) is 0 Å². The molecular formula is C14H16N2. The van der Waals surface area contributed by atoms with Gasteiger partial charge in [-0.2, -0.15) is 0 Å². The number of nitrogens with zero attached hydrogens (tertiary/aromatic N) is 1. The highest BCUT2D eigenvalue weighted by Crippen LogP contribution is 2.07. The van der Waals surface area contributed by atoms with Crippen LogP contribution in [0.15, 0.2) is 54.7 Å². The van der Waals surface area contributed by atoms with Crippen LogP contribution in [0.4, 0.5) is 5.82 Å². The quantitative estimate of drug-likeness (QED) is 0.842. The van der Waals surface area contributed by atoms with Crippen LogP contribution in [-0.2, 0) is 6.42 Å². The van der Waals surface area contributed by atoms with Crippen molar-refractivity contribution in [3.8, 4) is 0 Å². The summed E-state index contributed by atoms with van der Waals surface area (Å²) in [5.41, 5.74) is 1.35. The van der Waals surface area contributed by atoms with Crippen LogP contribution >= 0.6 is 0 Å². The zero-order valence-electron chi connectivity index (χ0n) is 9.43. The second-order valence-corrected chi connectivity index (χ2v) is 3.95. The smallest absolute Gasteiger partial charge is 0.126 e. The third kappa shape index (κ3) is 3.09. The molecule has 1 atom stereocenters. The number of rotatable bonds is 4. The van der Waals surface area contributed by atoms with Crippen LogP contribution in [0, 0.1) is 0 Å². The highest BCUT2D eigenvalue weighted by atomic mass is 15.0. The Bertz CT molecular complexity index is 370. The number of anilines is 1. The topological polar surface area (TPSA) is 24.9 Å². The van der Waals surface area contributed by atoms with E-state index in [9.17, 15) is 0 Å². The van der Waals surface area contributed by atoms with Gasteiger partial charge in [0.25, 0.3) is 0 Å². The van der Waals surface area contributed by atoms with Gasteiger partial charge < -0.3 is 5.32 Å². The summed E-state index contributed by atoms with van der Waals surface area (Å²) in [6, 6.07) is 16.8. The van der Waals surface area contributed by atoms with E-state index < -0.39 is 0 Å². The predicted molar refractivity (Wildman–Crippen MR) is 67.5 cm³/mol. The SMILES string of the molecule is CC(Cc1ccccc1)Nc1ccccn1. The van der Waals surface area contributed by atoms with E-state index in [1.807, 2.05) is 24.3 Å². The molecule has 2 nitrogen and oxygen atoms in total. The first-order chi connectivity index (χ1) is 7.84. The van der Waals surface area contributed by atoms with Gasteiger partial charge >= 0.3 is 0 Å². The molecule has 2 aromatic rings. The number of hydrogen-bond acceptors (Lipinski definition) is 2. The van der Waals surface area contributed by atoms with Gasteiger partial charge in [0.2, 0.25) is 0 Å². The fraction of sp³-hybridized carbons (Fsp3) is 0.214. The van der Waals surface area contributed by atoms with Crippen molar-refractivity contribution in [2.45, 2.75) is 19.4 Å². The van der Waals surface area contributed by atoms with Gasteiger partial charge in [0.05, 0.1) is 0 Å². The molecular weight excluding hydrogens is 196 g/mol. The third-order valence-corrected chi connectivity index (χ3v) is 2.44. The molecule has 0 fully saturated rings. The molecule has 0 saturated heterocycles. The van der Waals surface area contributed by atoms with Crippen molar-refractivity contribution in [1.82, 2.24) is 4.98 Å². The van der Waals surface area contributed by atoms with Crippen LogP contribution < -0.4 is 5.32 Å². The highest BCUT2D eigenvalue weighted by Gasteiger charge is 2.03. The molecule has 1 aromatic heterocycles. The molecule has 1 N–H and O–H groups in total. The summed E-state index contributed by atoms with van der Waals surface area (Å²) in [7, 11) is 0. The molecule has 0 spiro atoms. The number of aromatic nitrogens is 1. The van der Waals surface area contributed by atoms with E-state index in [4.69, 9.17) is 0 Å². The molecule has 2 rings (SSSR count). The van der Waals surface area contributed by atoms with E-state index in [0.29, 0.717) is 6.04 Å². The molecule has 82 valence electrons. The van der Waals surface area contributed by atoms with Crippen molar-refractivity contribution in [2.24, 2.45) is 0 Å². The number of pyridine rings is 1. The monoisotopic (exact) mass is 212 g/mol. The van der Waals surface area contributed by atoms with E-state index in [0.717, 1.165) is 12.2 Å². The van der Waals surface area contributed by atoms with Crippen molar-refractivity contribution in [3.63, 3.8) is 0 Å². The first kappa shape index (κ1) is 10.7. The maximum atomic E-state index is 4.25. The van der Waals surface area contributed by atoms with E-state index in [1.165, 1.54) is 5.56 Å². The molecule has 0 amide bonds. The van der Waals surface area contributed by atoms with Gasteiger partial charge in [0.1, 0.15) is 5.82 Å². The maximum absolute atomic E-state index is 4.25. The molecule has 1 unspecified atom stereocenters. The third-order valence-electron chi connectivity index (χ3n) is 2.44. The average Bonchev–Trinajstić information content (AvgIpc) is 2.31. The summed E-state index contributed by atoms with van der Waals surface area (Å²) >= 11 is 0. The van der Waals surface area contributed by atoms with Gasteiger partial charge in [-0.1, -0.05) is 36.4 Å². The number of nitrogens with one attached hydrogen (secondary N) is 1. The molecule has 1 heterocycles. The van der Waals surface area contributed by atoms with Gasteiger partial charge in [0, 0.05) is 12.2 Å². The van der Waals surface area contributed by atoms with Gasteiger partial charge in [-0.25, -0.2) is 4.98 Å². The maximum Gasteiger partial charge on any atom is 0.126 e. The highest BCUT2D eigenvalue weighted by molar-refractivity contribution is 5.34. The summed E-state index contributed by atoms with van der Waals surface area (Å²) in [6.45, 7) is 2.17. The second-order valence-electron chi connectivity index (χ2n) is 3.95. The van der Waals surface area contributed by atoms with Gasteiger partial charge in [-0.05, 0) is 31.0 Å². The Morgan fingerprint density at radius 2 is 1.81 bits per heavy atom. The van der Waals surface area contributed by atoms with Crippen molar-refractivity contribution in [1.29, 1.82) is 0 Å². The minimum atomic E-state index is 0.386. The lowest BCUT2D eigenvalue weighted by Crippen LogP contribution is -2.18. The lowest BCUT2D eigenvalue weighted by Gasteiger charge is -2.14. The molecule has 16 heavy (non-hydrogen) atoms. The summed E-state index contributed by atoms with van der Waals surface area (Å²) < 4.78 is 0. The zero-order chi connectivity index (χ0) is 11.2. The molecule has 1 aromatic carbocycles. The van der Waals surface area contributed by atoms with Crippen LogP contribution in [0.2, 0.25) is 0 Å². The zero-order valence-corrected chi connectivity index (χ0v) is 9.43. The van der Waals surface area contributed by atoms with E-state index in [1.54, 1.807) is 6.20 Å². The largest absolute Gasteiger partial charge is 0.367 e. The van der Waals surface area contributed by atoms with Crippen LogP contribution in [-0.4, -0.2) is 11.0 Å².